The average Bonchev–Trinajstić information content (AvgIpc) is 1.97. The molecule has 0 aliphatic rings. The van der Waals surface area contributed by atoms with Gasteiger partial charge in [-0.1, -0.05) is 0 Å². The van der Waals surface area contributed by atoms with E-state index >= 15 is 0 Å². The molecule has 1 aromatic rings. The third kappa shape index (κ3) is 2.20. The van der Waals surface area contributed by atoms with E-state index in [0.29, 0.717) is 13.3 Å². The van der Waals surface area contributed by atoms with Gasteiger partial charge in [-0.15, -0.1) is 0 Å². The predicted molar refractivity (Wildman–Crippen MR) is 47.9 cm³/mol. The van der Waals surface area contributed by atoms with E-state index in [0.717, 1.165) is 0 Å². The van der Waals surface area contributed by atoms with Crippen LogP contribution in [0, 0.1) is 5.82 Å². The van der Waals surface area contributed by atoms with Crippen LogP contribution in [0.3, 0.4) is 0 Å². The molecule has 0 saturated heterocycles. The summed E-state index contributed by atoms with van der Waals surface area (Å²) in [7, 11) is 0. The van der Waals surface area contributed by atoms with Crippen LogP contribution in [0.4, 0.5) is 4.39 Å². The van der Waals surface area contributed by atoms with Crippen molar-refractivity contribution in [3.05, 3.63) is 26.9 Å². The topological polar surface area (TPSA) is 17.1 Å². The molecule has 0 amide bonds. The molecule has 0 aliphatic carbocycles. The molecule has 0 spiro atoms. The van der Waals surface area contributed by atoms with Crippen LogP contribution in [-0.4, -0.2) is 15.7 Å². The molecule has 1 rings (SSSR count). The van der Waals surface area contributed by atoms with Crippen LogP contribution in [0.5, 0.6) is 0 Å². The Morgan fingerprint density at radius 2 is 1.91 bits per heavy atom. The van der Waals surface area contributed by atoms with Gasteiger partial charge in [0, 0.05) is 0 Å². The van der Waals surface area contributed by atoms with Crippen molar-refractivity contribution < 1.29 is 8.13 Å². The second-order valence-electron chi connectivity index (χ2n) is 1.81. The standard InChI is InChI=1S/C6H2AsBr2FO/c8-4-2-5(9)6(10)1-3(4)7-11/h1-2H. The van der Waals surface area contributed by atoms with Crippen LogP contribution in [0.2, 0.25) is 0 Å². The SMILES string of the molecule is O=[As]c1cc(F)c(Br)cc1Br. The van der Waals surface area contributed by atoms with Crippen molar-refractivity contribution in [2.75, 3.05) is 0 Å². The van der Waals surface area contributed by atoms with Crippen molar-refractivity contribution in [3.8, 4) is 0 Å². The number of hydrogen-bond donors (Lipinski definition) is 0. The fourth-order valence-corrected chi connectivity index (χ4v) is 2.62. The Labute approximate surface area is 86.5 Å². The molecule has 0 heterocycles. The monoisotopic (exact) mass is 342 g/mol. The molecule has 58 valence electrons. The van der Waals surface area contributed by atoms with E-state index in [1.807, 2.05) is 0 Å². The van der Waals surface area contributed by atoms with E-state index in [2.05, 4.69) is 31.9 Å². The minimum atomic E-state index is -1.17. The number of benzene rings is 1. The van der Waals surface area contributed by atoms with Gasteiger partial charge in [0.05, 0.1) is 0 Å². The number of hydrogen-bond acceptors (Lipinski definition) is 1. The summed E-state index contributed by atoms with van der Waals surface area (Å²) >= 11 is 5.01. The quantitative estimate of drug-likeness (QED) is 0.563. The third-order valence-electron chi connectivity index (χ3n) is 1.09. The molecule has 0 radical (unpaired) electrons. The molecule has 1 nitrogen and oxygen atoms in total. The van der Waals surface area contributed by atoms with E-state index in [1.165, 1.54) is 6.07 Å². The average molecular weight is 344 g/mol. The first-order chi connectivity index (χ1) is 5.15. The molecule has 11 heavy (non-hydrogen) atoms. The first-order valence-corrected chi connectivity index (χ1v) is 5.92. The molecular formula is C6H2AsBr2FO. The van der Waals surface area contributed by atoms with Gasteiger partial charge in [-0.3, -0.25) is 0 Å². The summed E-state index contributed by atoms with van der Waals surface area (Å²) in [6, 6.07) is 2.82. The van der Waals surface area contributed by atoms with E-state index < -0.39 is 15.7 Å². The molecule has 0 fully saturated rings. The molecular weight excluding hydrogens is 342 g/mol. The van der Waals surface area contributed by atoms with Crippen LogP contribution >= 0.6 is 31.9 Å². The van der Waals surface area contributed by atoms with Gasteiger partial charge >= 0.3 is 86.9 Å². The van der Waals surface area contributed by atoms with Crippen LogP contribution in [0.1, 0.15) is 0 Å². The zero-order valence-electron chi connectivity index (χ0n) is 5.14. The van der Waals surface area contributed by atoms with Crippen LogP contribution in [0.25, 0.3) is 0 Å². The third-order valence-corrected chi connectivity index (χ3v) is 4.21. The van der Waals surface area contributed by atoms with E-state index in [4.69, 9.17) is 0 Å². The van der Waals surface area contributed by atoms with Crippen molar-refractivity contribution in [2.24, 2.45) is 0 Å². The zero-order valence-corrected chi connectivity index (χ0v) is 10.2. The molecule has 0 aliphatic heterocycles. The maximum atomic E-state index is 12.8. The Morgan fingerprint density at radius 3 is 2.45 bits per heavy atom. The van der Waals surface area contributed by atoms with Gasteiger partial charge in [0.25, 0.3) is 0 Å². The Kier molecular flexibility index (Phi) is 3.41. The van der Waals surface area contributed by atoms with Gasteiger partial charge < -0.3 is 0 Å². The molecule has 1 aromatic carbocycles. The van der Waals surface area contributed by atoms with Crippen molar-refractivity contribution in [1.29, 1.82) is 0 Å². The molecule has 0 atom stereocenters. The van der Waals surface area contributed by atoms with Gasteiger partial charge in [0.1, 0.15) is 0 Å². The normalized spacial score (nSPS) is 10.5. The Hall–Kier alpha value is 0.468. The van der Waals surface area contributed by atoms with Crippen molar-refractivity contribution in [1.82, 2.24) is 0 Å². The Balaban J connectivity index is 3.31. The van der Waals surface area contributed by atoms with Crippen LogP contribution in [0.15, 0.2) is 21.1 Å². The Bertz CT molecular complexity index is 303. The Morgan fingerprint density at radius 1 is 1.27 bits per heavy atom. The number of rotatable bonds is 1. The van der Waals surface area contributed by atoms with Gasteiger partial charge in [-0.2, -0.15) is 0 Å². The van der Waals surface area contributed by atoms with E-state index in [1.54, 1.807) is 6.07 Å². The maximum absolute atomic E-state index is 12.8. The van der Waals surface area contributed by atoms with Crippen molar-refractivity contribution in [2.45, 2.75) is 0 Å². The molecule has 0 bridgehead atoms. The fourth-order valence-electron chi connectivity index (χ4n) is 0.582. The van der Waals surface area contributed by atoms with E-state index in [-0.39, 0.29) is 5.82 Å². The fraction of sp³-hybridized carbons (Fsp3) is 0. The van der Waals surface area contributed by atoms with Crippen molar-refractivity contribution >= 4 is 51.9 Å². The summed E-state index contributed by atoms with van der Waals surface area (Å²) in [6.07, 6.45) is 0. The summed E-state index contributed by atoms with van der Waals surface area (Å²) in [5.41, 5.74) is 0. The van der Waals surface area contributed by atoms with Gasteiger partial charge in [0.2, 0.25) is 0 Å². The summed E-state index contributed by atoms with van der Waals surface area (Å²) < 4.78 is 24.8. The summed E-state index contributed by atoms with van der Waals surface area (Å²) in [4.78, 5) is 0. The second kappa shape index (κ2) is 3.92. The molecule has 0 unspecified atom stereocenters. The zero-order chi connectivity index (χ0) is 8.43. The van der Waals surface area contributed by atoms with Gasteiger partial charge in [-0.05, 0) is 0 Å². The first kappa shape index (κ1) is 9.56. The van der Waals surface area contributed by atoms with E-state index in [9.17, 15) is 8.13 Å². The molecule has 5 heteroatoms. The molecule has 0 saturated carbocycles. The summed E-state index contributed by atoms with van der Waals surface area (Å²) in [6.45, 7) is 0. The summed E-state index contributed by atoms with van der Waals surface area (Å²) in [5.74, 6) is -0.380. The minimum absolute atomic E-state index is 0.378. The second-order valence-corrected chi connectivity index (χ2v) is 4.91. The van der Waals surface area contributed by atoms with Crippen LogP contribution in [-0.2, 0) is 3.74 Å². The van der Waals surface area contributed by atoms with Gasteiger partial charge in [0.15, 0.2) is 0 Å². The van der Waals surface area contributed by atoms with Crippen LogP contribution < -0.4 is 4.35 Å². The first-order valence-electron chi connectivity index (χ1n) is 2.63. The predicted octanol–water partition coefficient (Wildman–Crippen LogP) is 2.03. The number of halogens is 3. The summed E-state index contributed by atoms with van der Waals surface area (Å²) in [5, 5.41) is 0. The molecule has 0 aromatic heterocycles. The van der Waals surface area contributed by atoms with Gasteiger partial charge in [-0.25, -0.2) is 0 Å². The van der Waals surface area contributed by atoms with Crippen molar-refractivity contribution in [3.63, 3.8) is 0 Å². The molecule has 0 N–H and O–H groups in total.